The van der Waals surface area contributed by atoms with E-state index in [1.165, 1.54) is 0 Å². The number of ketones is 1. The van der Waals surface area contributed by atoms with Gasteiger partial charge in [0.05, 0.1) is 10.6 Å². The second-order valence-corrected chi connectivity index (χ2v) is 4.59. The van der Waals surface area contributed by atoms with Gasteiger partial charge in [0.1, 0.15) is 0 Å². The number of rotatable bonds is 2. The summed E-state index contributed by atoms with van der Waals surface area (Å²) in [4.78, 5) is 11.9. The highest BCUT2D eigenvalue weighted by molar-refractivity contribution is 6.34. The van der Waals surface area contributed by atoms with Crippen molar-refractivity contribution in [3.8, 4) is 0 Å². The highest BCUT2D eigenvalue weighted by atomic mass is 35.5. The molecule has 0 spiro atoms. The Balaban J connectivity index is 2.35. The van der Waals surface area contributed by atoms with Crippen molar-refractivity contribution in [3.63, 3.8) is 0 Å². The van der Waals surface area contributed by atoms with Crippen LogP contribution in [0, 0.1) is 5.92 Å². The fourth-order valence-corrected chi connectivity index (χ4v) is 1.99. The first-order valence-electron chi connectivity index (χ1n) is 5.30. The summed E-state index contributed by atoms with van der Waals surface area (Å²) in [5, 5.41) is 0.0925. The highest BCUT2D eigenvalue weighted by Gasteiger charge is 2.33. The molecule has 1 nitrogen and oxygen atoms in total. The van der Waals surface area contributed by atoms with Gasteiger partial charge in [-0.3, -0.25) is 4.79 Å². The Morgan fingerprint density at radius 2 is 1.94 bits per heavy atom. The van der Waals surface area contributed by atoms with E-state index in [2.05, 4.69) is 0 Å². The molecule has 17 heavy (non-hydrogen) atoms. The summed E-state index contributed by atoms with van der Waals surface area (Å²) >= 11 is 5.78. The third kappa shape index (κ3) is 2.46. The Morgan fingerprint density at radius 3 is 2.41 bits per heavy atom. The molecule has 0 aliphatic heterocycles. The molecule has 0 radical (unpaired) electrons. The molecule has 0 bridgehead atoms. The van der Waals surface area contributed by atoms with Crippen molar-refractivity contribution in [1.29, 1.82) is 0 Å². The molecule has 1 aliphatic carbocycles. The van der Waals surface area contributed by atoms with E-state index in [0.29, 0.717) is 0 Å². The van der Waals surface area contributed by atoms with Gasteiger partial charge in [0.25, 0.3) is 0 Å². The summed E-state index contributed by atoms with van der Waals surface area (Å²) in [5.74, 6) is -0.427. The van der Waals surface area contributed by atoms with Gasteiger partial charge < -0.3 is 0 Å². The molecule has 1 saturated carbocycles. The number of Topliss-reactive ketones (excluding diaryl/α,β-unsaturated/α-hetero) is 1. The van der Waals surface area contributed by atoms with Crippen LogP contribution in [0.2, 0.25) is 5.02 Å². The Kier molecular flexibility index (Phi) is 3.17. The van der Waals surface area contributed by atoms with E-state index in [9.17, 15) is 18.0 Å². The van der Waals surface area contributed by atoms with Crippen LogP contribution in [-0.4, -0.2) is 5.78 Å². The lowest BCUT2D eigenvalue weighted by molar-refractivity contribution is -0.137. The molecule has 0 N–H and O–H groups in total. The van der Waals surface area contributed by atoms with Crippen LogP contribution in [0.15, 0.2) is 18.2 Å². The third-order valence-electron chi connectivity index (χ3n) is 3.04. The van der Waals surface area contributed by atoms with Gasteiger partial charge in [0, 0.05) is 11.5 Å². The largest absolute Gasteiger partial charge is 0.416 e. The molecule has 0 unspecified atom stereocenters. The number of carbonyl (C=O) groups excluding carboxylic acids is 1. The lowest BCUT2D eigenvalue weighted by Gasteiger charge is -2.24. The number of alkyl halides is 3. The number of hydrogen-bond donors (Lipinski definition) is 0. The zero-order valence-electron chi connectivity index (χ0n) is 8.85. The number of benzene rings is 1. The maximum absolute atomic E-state index is 12.5. The Labute approximate surface area is 102 Å². The lowest BCUT2D eigenvalue weighted by atomic mass is 9.80. The van der Waals surface area contributed by atoms with Gasteiger partial charge in [-0.15, -0.1) is 0 Å². The molecule has 0 saturated heterocycles. The molecule has 1 aromatic rings. The molecule has 1 aromatic carbocycles. The van der Waals surface area contributed by atoms with E-state index in [1.54, 1.807) is 0 Å². The van der Waals surface area contributed by atoms with Crippen LogP contribution in [-0.2, 0) is 6.18 Å². The first-order chi connectivity index (χ1) is 7.89. The second kappa shape index (κ2) is 4.33. The first kappa shape index (κ1) is 12.4. The summed E-state index contributed by atoms with van der Waals surface area (Å²) in [5.41, 5.74) is -0.837. The van der Waals surface area contributed by atoms with E-state index in [1.807, 2.05) is 0 Å². The predicted octanol–water partition coefficient (Wildman–Crippen LogP) is 4.34. The maximum Gasteiger partial charge on any atom is 0.416 e. The molecule has 0 aromatic heterocycles. The highest BCUT2D eigenvalue weighted by Crippen LogP contribution is 2.35. The Bertz CT molecular complexity index is 450. The fraction of sp³-hybridized carbons (Fsp3) is 0.417. The smallest absolute Gasteiger partial charge is 0.294 e. The van der Waals surface area contributed by atoms with E-state index in [-0.39, 0.29) is 22.3 Å². The number of hydrogen-bond acceptors (Lipinski definition) is 1. The summed E-state index contributed by atoms with van der Waals surface area (Å²) in [7, 11) is 0. The van der Waals surface area contributed by atoms with Crippen molar-refractivity contribution in [1.82, 2.24) is 0 Å². The molecule has 0 atom stereocenters. The Hall–Kier alpha value is -1.03. The molecule has 2 rings (SSSR count). The number of carbonyl (C=O) groups is 1. The maximum atomic E-state index is 12.5. The quantitative estimate of drug-likeness (QED) is 0.725. The molecule has 1 fully saturated rings. The SMILES string of the molecule is O=C(c1cc(C(F)(F)F)ccc1Cl)C1CCC1. The minimum atomic E-state index is -4.45. The van der Waals surface area contributed by atoms with Crippen molar-refractivity contribution < 1.29 is 18.0 Å². The van der Waals surface area contributed by atoms with Crippen molar-refractivity contribution in [2.24, 2.45) is 5.92 Å². The molecule has 92 valence electrons. The average molecular weight is 263 g/mol. The zero-order chi connectivity index (χ0) is 12.6. The number of halogens is 4. The van der Waals surface area contributed by atoms with Crippen molar-refractivity contribution >= 4 is 17.4 Å². The zero-order valence-corrected chi connectivity index (χ0v) is 9.61. The topological polar surface area (TPSA) is 17.1 Å². The fourth-order valence-electron chi connectivity index (χ4n) is 1.78. The molecule has 0 heterocycles. The van der Waals surface area contributed by atoms with Crippen LogP contribution < -0.4 is 0 Å². The standard InChI is InChI=1S/C12H10ClF3O/c13-10-5-4-8(12(14,15)16)6-9(10)11(17)7-2-1-3-7/h4-7H,1-3H2. The van der Waals surface area contributed by atoms with Crippen LogP contribution in [0.4, 0.5) is 13.2 Å². The molecule has 5 heteroatoms. The average Bonchev–Trinajstić information content (AvgIpc) is 2.13. The van der Waals surface area contributed by atoms with E-state index >= 15 is 0 Å². The van der Waals surface area contributed by atoms with E-state index < -0.39 is 11.7 Å². The van der Waals surface area contributed by atoms with Gasteiger partial charge in [-0.1, -0.05) is 18.0 Å². The van der Waals surface area contributed by atoms with E-state index in [4.69, 9.17) is 11.6 Å². The van der Waals surface area contributed by atoms with Gasteiger partial charge in [-0.25, -0.2) is 0 Å². The summed E-state index contributed by atoms with van der Waals surface area (Å²) in [6, 6.07) is 2.87. The van der Waals surface area contributed by atoms with Gasteiger partial charge in [0.15, 0.2) is 5.78 Å². The van der Waals surface area contributed by atoms with Crippen LogP contribution in [0.1, 0.15) is 35.2 Å². The molecular formula is C12H10ClF3O. The minimum absolute atomic E-state index is 0.00816. The predicted molar refractivity (Wildman–Crippen MR) is 58.1 cm³/mol. The molecule has 1 aliphatic rings. The minimum Gasteiger partial charge on any atom is -0.294 e. The summed E-state index contributed by atoms with van der Waals surface area (Å²) < 4.78 is 37.5. The van der Waals surface area contributed by atoms with Crippen molar-refractivity contribution in [2.75, 3.05) is 0 Å². The summed E-state index contributed by atoms with van der Waals surface area (Å²) in [6.07, 6.45) is -2.01. The monoisotopic (exact) mass is 262 g/mol. The third-order valence-corrected chi connectivity index (χ3v) is 3.36. The van der Waals surface area contributed by atoms with E-state index in [0.717, 1.165) is 37.5 Å². The van der Waals surface area contributed by atoms with Crippen LogP contribution in [0.5, 0.6) is 0 Å². The van der Waals surface area contributed by atoms with Gasteiger partial charge in [-0.05, 0) is 31.0 Å². The molecule has 0 amide bonds. The normalized spacial score (nSPS) is 16.7. The van der Waals surface area contributed by atoms with Crippen LogP contribution in [0.25, 0.3) is 0 Å². The van der Waals surface area contributed by atoms with Crippen LogP contribution in [0.3, 0.4) is 0 Å². The molecular weight excluding hydrogens is 253 g/mol. The van der Waals surface area contributed by atoms with Crippen molar-refractivity contribution in [2.45, 2.75) is 25.4 Å². The van der Waals surface area contributed by atoms with Gasteiger partial charge in [-0.2, -0.15) is 13.2 Å². The second-order valence-electron chi connectivity index (χ2n) is 4.18. The van der Waals surface area contributed by atoms with Gasteiger partial charge >= 0.3 is 6.18 Å². The summed E-state index contributed by atoms with van der Waals surface area (Å²) in [6.45, 7) is 0. The van der Waals surface area contributed by atoms with Gasteiger partial charge in [0.2, 0.25) is 0 Å². The lowest BCUT2D eigenvalue weighted by Crippen LogP contribution is -2.22. The van der Waals surface area contributed by atoms with Crippen LogP contribution >= 0.6 is 11.6 Å². The van der Waals surface area contributed by atoms with Crippen molar-refractivity contribution in [3.05, 3.63) is 34.3 Å². The Morgan fingerprint density at radius 1 is 1.29 bits per heavy atom. The first-order valence-corrected chi connectivity index (χ1v) is 5.68.